The average molecular weight is 377 g/mol. The van der Waals surface area contributed by atoms with Crippen molar-refractivity contribution in [2.45, 2.75) is 17.9 Å². The molecule has 8 nitrogen and oxygen atoms in total. The predicted molar refractivity (Wildman–Crippen MR) is 91.4 cm³/mol. The molecule has 0 saturated heterocycles. The van der Waals surface area contributed by atoms with Gasteiger partial charge in [-0.25, -0.2) is 17.9 Å². The predicted octanol–water partition coefficient (Wildman–Crippen LogP) is 1.74. The second-order valence-corrected chi connectivity index (χ2v) is 7.10. The molecule has 26 heavy (non-hydrogen) atoms. The van der Waals surface area contributed by atoms with E-state index in [-0.39, 0.29) is 22.5 Å². The normalized spacial score (nSPS) is 12.8. The summed E-state index contributed by atoms with van der Waals surface area (Å²) in [4.78, 5) is 1.26. The van der Waals surface area contributed by atoms with Gasteiger partial charge in [-0.3, -0.25) is 0 Å². The standard InChI is InChI=1S/C16H16FN5O3S/c1-10(11-3-6-13(17)7-4-11)22-20-16(19-21-22)12-5-8-15(26(18,23)24)14(9-12)25-2/h3-10H,1-2H3,(H2,18,23,24). The Bertz CT molecular complexity index is 1030. The topological polar surface area (TPSA) is 113 Å². The first-order valence-electron chi connectivity index (χ1n) is 7.56. The van der Waals surface area contributed by atoms with Crippen LogP contribution in [-0.2, 0) is 10.0 Å². The summed E-state index contributed by atoms with van der Waals surface area (Å²) < 4.78 is 41.3. The number of hydrogen-bond acceptors (Lipinski definition) is 6. The summed E-state index contributed by atoms with van der Waals surface area (Å²) in [5.41, 5.74) is 1.34. The lowest BCUT2D eigenvalue weighted by Crippen LogP contribution is -2.13. The fourth-order valence-electron chi connectivity index (χ4n) is 2.42. The Labute approximate surface area is 149 Å². The average Bonchev–Trinajstić information content (AvgIpc) is 3.10. The molecule has 0 radical (unpaired) electrons. The maximum atomic E-state index is 13.1. The number of aromatic nitrogens is 4. The fraction of sp³-hybridized carbons (Fsp3) is 0.188. The molecule has 0 aliphatic carbocycles. The summed E-state index contributed by atoms with van der Waals surface area (Å²) in [6, 6.07) is 10.1. The van der Waals surface area contributed by atoms with Gasteiger partial charge in [0.2, 0.25) is 15.8 Å². The molecule has 0 amide bonds. The summed E-state index contributed by atoms with van der Waals surface area (Å²) in [6.07, 6.45) is 0. The summed E-state index contributed by atoms with van der Waals surface area (Å²) in [6.45, 7) is 1.85. The van der Waals surface area contributed by atoms with Crippen LogP contribution >= 0.6 is 0 Å². The van der Waals surface area contributed by atoms with Gasteiger partial charge in [-0.05, 0) is 48.0 Å². The van der Waals surface area contributed by atoms with Crippen LogP contribution in [0.15, 0.2) is 47.4 Å². The molecule has 2 aromatic carbocycles. The zero-order valence-electron chi connectivity index (χ0n) is 14.0. The molecule has 0 aliphatic heterocycles. The highest BCUT2D eigenvalue weighted by Gasteiger charge is 2.18. The molecule has 3 rings (SSSR count). The van der Waals surface area contributed by atoms with E-state index < -0.39 is 10.0 Å². The lowest BCUT2D eigenvalue weighted by molar-refractivity contribution is 0.403. The smallest absolute Gasteiger partial charge is 0.241 e. The number of sulfonamides is 1. The molecule has 1 heterocycles. The summed E-state index contributed by atoms with van der Waals surface area (Å²) in [5.74, 6) is 0.0568. The lowest BCUT2D eigenvalue weighted by Gasteiger charge is -2.10. The van der Waals surface area contributed by atoms with Crippen molar-refractivity contribution in [1.82, 2.24) is 20.2 Å². The third-order valence-electron chi connectivity index (χ3n) is 3.86. The van der Waals surface area contributed by atoms with E-state index in [0.717, 1.165) is 5.56 Å². The van der Waals surface area contributed by atoms with Crippen LogP contribution in [0.1, 0.15) is 18.5 Å². The van der Waals surface area contributed by atoms with Gasteiger partial charge in [0.25, 0.3) is 0 Å². The number of nitrogens with zero attached hydrogens (tertiary/aromatic N) is 4. The zero-order valence-corrected chi connectivity index (χ0v) is 14.8. The van der Waals surface area contributed by atoms with E-state index in [2.05, 4.69) is 15.4 Å². The Kier molecular flexibility index (Phi) is 4.70. The van der Waals surface area contributed by atoms with Crippen LogP contribution < -0.4 is 9.88 Å². The molecule has 1 unspecified atom stereocenters. The van der Waals surface area contributed by atoms with Crippen molar-refractivity contribution in [1.29, 1.82) is 0 Å². The van der Waals surface area contributed by atoms with Crippen molar-refractivity contribution < 1.29 is 17.5 Å². The number of rotatable bonds is 5. The highest BCUT2D eigenvalue weighted by molar-refractivity contribution is 7.89. The quantitative estimate of drug-likeness (QED) is 0.725. The van der Waals surface area contributed by atoms with E-state index in [9.17, 15) is 12.8 Å². The van der Waals surface area contributed by atoms with Crippen molar-refractivity contribution in [3.63, 3.8) is 0 Å². The lowest BCUT2D eigenvalue weighted by atomic mass is 10.1. The number of ether oxygens (including phenoxy) is 1. The van der Waals surface area contributed by atoms with E-state index >= 15 is 0 Å². The van der Waals surface area contributed by atoms with Gasteiger partial charge in [0.1, 0.15) is 16.5 Å². The van der Waals surface area contributed by atoms with Crippen molar-refractivity contribution in [3.05, 3.63) is 53.8 Å². The molecule has 0 bridgehead atoms. The number of benzene rings is 2. The van der Waals surface area contributed by atoms with E-state index in [1.54, 1.807) is 12.1 Å². The molecule has 0 aliphatic rings. The third kappa shape index (κ3) is 3.55. The van der Waals surface area contributed by atoms with Crippen LogP contribution in [0, 0.1) is 5.82 Å². The highest BCUT2D eigenvalue weighted by Crippen LogP contribution is 2.28. The minimum absolute atomic E-state index is 0.0907. The fourth-order valence-corrected chi connectivity index (χ4v) is 3.10. The number of nitrogens with two attached hydrogens (primary N) is 1. The second kappa shape index (κ2) is 6.81. The molecule has 0 fully saturated rings. The number of primary sulfonamides is 1. The summed E-state index contributed by atoms with van der Waals surface area (Å²) in [5, 5.41) is 17.5. The van der Waals surface area contributed by atoms with E-state index in [1.165, 1.54) is 42.2 Å². The van der Waals surface area contributed by atoms with Crippen molar-refractivity contribution in [3.8, 4) is 17.1 Å². The van der Waals surface area contributed by atoms with Crippen LogP contribution in [0.2, 0.25) is 0 Å². The first kappa shape index (κ1) is 18.0. The van der Waals surface area contributed by atoms with Crippen LogP contribution in [-0.4, -0.2) is 35.7 Å². The van der Waals surface area contributed by atoms with Crippen molar-refractivity contribution >= 4 is 10.0 Å². The van der Waals surface area contributed by atoms with Crippen LogP contribution in [0.5, 0.6) is 5.75 Å². The van der Waals surface area contributed by atoms with Gasteiger partial charge < -0.3 is 4.74 Å². The highest BCUT2D eigenvalue weighted by atomic mass is 32.2. The van der Waals surface area contributed by atoms with Gasteiger partial charge in [-0.2, -0.15) is 4.80 Å². The van der Waals surface area contributed by atoms with Crippen molar-refractivity contribution in [2.75, 3.05) is 7.11 Å². The molecule has 0 saturated carbocycles. The molecule has 1 atom stereocenters. The third-order valence-corrected chi connectivity index (χ3v) is 4.81. The number of halogens is 1. The second-order valence-electron chi connectivity index (χ2n) is 5.57. The van der Waals surface area contributed by atoms with E-state index in [0.29, 0.717) is 11.4 Å². The first-order chi connectivity index (χ1) is 12.3. The Morgan fingerprint density at radius 1 is 1.19 bits per heavy atom. The minimum atomic E-state index is -3.91. The zero-order chi connectivity index (χ0) is 18.9. The van der Waals surface area contributed by atoms with E-state index in [4.69, 9.17) is 9.88 Å². The summed E-state index contributed by atoms with van der Waals surface area (Å²) in [7, 11) is -2.57. The molecular formula is C16H16FN5O3S. The SMILES string of the molecule is COc1cc(-c2nnn(C(C)c3ccc(F)cc3)n2)ccc1S(N)(=O)=O. The first-order valence-corrected chi connectivity index (χ1v) is 9.10. The maximum Gasteiger partial charge on any atom is 0.241 e. The van der Waals surface area contributed by atoms with E-state index in [1.807, 2.05) is 6.92 Å². The molecule has 10 heteroatoms. The Hall–Kier alpha value is -2.85. The molecule has 1 aromatic heterocycles. The van der Waals surface area contributed by atoms with Gasteiger partial charge in [0.15, 0.2) is 0 Å². The Morgan fingerprint density at radius 3 is 2.50 bits per heavy atom. The van der Waals surface area contributed by atoms with Gasteiger partial charge in [0, 0.05) is 5.56 Å². The molecule has 2 N–H and O–H groups in total. The Morgan fingerprint density at radius 2 is 1.88 bits per heavy atom. The number of methoxy groups -OCH3 is 1. The number of hydrogen-bond donors (Lipinski definition) is 1. The monoisotopic (exact) mass is 377 g/mol. The van der Waals surface area contributed by atoms with Crippen LogP contribution in [0.3, 0.4) is 0 Å². The summed E-state index contributed by atoms with van der Waals surface area (Å²) >= 11 is 0. The Balaban J connectivity index is 1.93. The number of tetrazole rings is 1. The van der Waals surface area contributed by atoms with Crippen LogP contribution in [0.25, 0.3) is 11.4 Å². The molecular weight excluding hydrogens is 361 g/mol. The molecule has 0 spiro atoms. The maximum absolute atomic E-state index is 13.1. The van der Waals surface area contributed by atoms with Gasteiger partial charge in [0.05, 0.1) is 13.2 Å². The van der Waals surface area contributed by atoms with Crippen molar-refractivity contribution in [2.24, 2.45) is 5.14 Å². The molecule has 136 valence electrons. The van der Waals surface area contributed by atoms with Gasteiger partial charge in [-0.15, -0.1) is 10.2 Å². The minimum Gasteiger partial charge on any atom is -0.495 e. The van der Waals surface area contributed by atoms with Crippen LogP contribution in [0.4, 0.5) is 4.39 Å². The van der Waals surface area contributed by atoms with Gasteiger partial charge >= 0.3 is 0 Å². The molecule has 3 aromatic rings. The largest absolute Gasteiger partial charge is 0.495 e. The van der Waals surface area contributed by atoms with Gasteiger partial charge in [-0.1, -0.05) is 12.1 Å².